The predicted molar refractivity (Wildman–Crippen MR) is 96.8 cm³/mol. The van der Waals surface area contributed by atoms with E-state index in [0.29, 0.717) is 31.6 Å². The maximum Gasteiger partial charge on any atom is 0.332 e. The third-order valence-electron chi connectivity index (χ3n) is 5.23. The summed E-state index contributed by atoms with van der Waals surface area (Å²) in [6, 6.07) is 3.86. The van der Waals surface area contributed by atoms with Gasteiger partial charge in [-0.05, 0) is 44.0 Å². The van der Waals surface area contributed by atoms with Crippen molar-refractivity contribution in [2.75, 3.05) is 31.6 Å². The molecule has 8 nitrogen and oxygen atoms in total. The molecule has 0 spiro atoms. The molecule has 1 unspecified atom stereocenters. The van der Waals surface area contributed by atoms with Crippen LogP contribution in [0, 0.1) is 11.7 Å². The lowest BCUT2D eigenvalue weighted by molar-refractivity contribution is -0.149. The first kappa shape index (κ1) is 19.8. The molecule has 3 rings (SSSR count). The number of piperidine rings is 1. The number of hydrogen-bond donors (Lipinski definition) is 0. The standard InChI is InChI=1S/C19H22FN3O5/c1-12-17(25)22(19(27)23(12)15-5-3-14(20)4-6-15)11-16(24)21-9-7-13(8-10-21)18(26)28-2/h3-6,12-13H,7-11H2,1-2H3. The van der Waals surface area contributed by atoms with E-state index in [9.17, 15) is 23.6 Å². The monoisotopic (exact) mass is 391 g/mol. The van der Waals surface area contributed by atoms with Crippen molar-refractivity contribution in [2.45, 2.75) is 25.8 Å². The zero-order chi connectivity index (χ0) is 20.4. The Balaban J connectivity index is 1.65. The molecule has 0 radical (unpaired) electrons. The Hall–Kier alpha value is -2.97. The van der Waals surface area contributed by atoms with Crippen LogP contribution >= 0.6 is 0 Å². The number of urea groups is 1. The van der Waals surface area contributed by atoms with Gasteiger partial charge >= 0.3 is 12.0 Å². The highest BCUT2D eigenvalue weighted by atomic mass is 19.1. The molecule has 2 heterocycles. The first-order valence-corrected chi connectivity index (χ1v) is 9.09. The van der Waals surface area contributed by atoms with Gasteiger partial charge in [0.05, 0.1) is 13.0 Å². The van der Waals surface area contributed by atoms with Crippen molar-refractivity contribution in [3.8, 4) is 0 Å². The number of benzene rings is 1. The first-order chi connectivity index (χ1) is 13.3. The van der Waals surface area contributed by atoms with Gasteiger partial charge < -0.3 is 9.64 Å². The van der Waals surface area contributed by atoms with Crippen molar-refractivity contribution < 1.29 is 28.3 Å². The van der Waals surface area contributed by atoms with Crippen LogP contribution in [0.2, 0.25) is 0 Å². The van der Waals surface area contributed by atoms with Crippen molar-refractivity contribution in [3.63, 3.8) is 0 Å². The summed E-state index contributed by atoms with van der Waals surface area (Å²) < 4.78 is 17.9. The molecule has 0 N–H and O–H groups in total. The smallest absolute Gasteiger partial charge is 0.332 e. The topological polar surface area (TPSA) is 87.2 Å². The lowest BCUT2D eigenvalue weighted by Crippen LogP contribution is -2.47. The number of imide groups is 1. The number of ether oxygens (including phenoxy) is 1. The molecule has 1 aromatic rings. The van der Waals surface area contributed by atoms with Gasteiger partial charge in [0.2, 0.25) is 5.91 Å². The lowest BCUT2D eigenvalue weighted by atomic mass is 9.97. The molecular weight excluding hydrogens is 369 g/mol. The predicted octanol–water partition coefficient (Wildman–Crippen LogP) is 1.39. The summed E-state index contributed by atoms with van der Waals surface area (Å²) in [7, 11) is 1.33. The van der Waals surface area contributed by atoms with E-state index >= 15 is 0 Å². The quantitative estimate of drug-likeness (QED) is 0.572. The second-order valence-corrected chi connectivity index (χ2v) is 6.91. The fourth-order valence-corrected chi connectivity index (χ4v) is 3.57. The number of nitrogens with zero attached hydrogens (tertiary/aromatic N) is 3. The van der Waals surface area contributed by atoms with Gasteiger partial charge in [-0.1, -0.05) is 0 Å². The fraction of sp³-hybridized carbons (Fsp3) is 0.474. The van der Waals surface area contributed by atoms with Gasteiger partial charge in [-0.3, -0.25) is 24.2 Å². The summed E-state index contributed by atoms with van der Waals surface area (Å²) in [5.74, 6) is -1.80. The lowest BCUT2D eigenvalue weighted by Gasteiger charge is -2.31. The fourth-order valence-electron chi connectivity index (χ4n) is 3.57. The number of anilines is 1. The van der Waals surface area contributed by atoms with E-state index in [1.165, 1.54) is 36.3 Å². The van der Waals surface area contributed by atoms with Crippen molar-refractivity contribution in [1.29, 1.82) is 0 Å². The van der Waals surface area contributed by atoms with Crippen molar-refractivity contribution in [3.05, 3.63) is 30.1 Å². The highest BCUT2D eigenvalue weighted by Crippen LogP contribution is 2.26. The molecule has 28 heavy (non-hydrogen) atoms. The average molecular weight is 391 g/mol. The molecule has 9 heteroatoms. The highest BCUT2D eigenvalue weighted by molar-refractivity contribution is 6.15. The van der Waals surface area contributed by atoms with Crippen LogP contribution in [0.1, 0.15) is 19.8 Å². The third-order valence-corrected chi connectivity index (χ3v) is 5.23. The van der Waals surface area contributed by atoms with Gasteiger partial charge in [-0.2, -0.15) is 0 Å². The van der Waals surface area contributed by atoms with E-state index in [0.717, 1.165) is 4.90 Å². The summed E-state index contributed by atoms with van der Waals surface area (Å²) in [5, 5.41) is 0. The summed E-state index contributed by atoms with van der Waals surface area (Å²) >= 11 is 0. The van der Waals surface area contributed by atoms with E-state index in [-0.39, 0.29) is 24.3 Å². The van der Waals surface area contributed by atoms with Crippen LogP contribution in [-0.2, 0) is 19.1 Å². The van der Waals surface area contributed by atoms with Crippen LogP contribution in [0.3, 0.4) is 0 Å². The Morgan fingerprint density at radius 1 is 1.14 bits per heavy atom. The Morgan fingerprint density at radius 3 is 2.32 bits per heavy atom. The van der Waals surface area contributed by atoms with Crippen LogP contribution in [0.15, 0.2) is 24.3 Å². The zero-order valence-corrected chi connectivity index (χ0v) is 15.8. The molecule has 0 bridgehead atoms. The summed E-state index contributed by atoms with van der Waals surface area (Å²) in [5.41, 5.74) is 0.390. The third kappa shape index (κ3) is 3.69. The molecule has 2 aliphatic heterocycles. The van der Waals surface area contributed by atoms with Gasteiger partial charge in [-0.15, -0.1) is 0 Å². The van der Waals surface area contributed by atoms with Gasteiger partial charge in [0.25, 0.3) is 5.91 Å². The Bertz CT molecular complexity index is 789. The molecule has 2 aliphatic rings. The molecule has 1 aromatic carbocycles. The number of carbonyl (C=O) groups excluding carboxylic acids is 4. The Kier molecular flexibility index (Phi) is 5.62. The van der Waals surface area contributed by atoms with E-state index in [4.69, 9.17) is 4.74 Å². The number of likely N-dealkylation sites (tertiary alicyclic amines) is 1. The molecule has 4 amide bonds. The molecule has 2 saturated heterocycles. The largest absolute Gasteiger partial charge is 0.469 e. The average Bonchev–Trinajstić information content (AvgIpc) is 2.91. The molecule has 0 aromatic heterocycles. The van der Waals surface area contributed by atoms with Crippen LogP contribution in [0.25, 0.3) is 0 Å². The van der Waals surface area contributed by atoms with Crippen molar-refractivity contribution in [2.24, 2.45) is 5.92 Å². The second-order valence-electron chi connectivity index (χ2n) is 6.91. The van der Waals surface area contributed by atoms with Crippen LogP contribution in [-0.4, -0.2) is 66.4 Å². The normalized spacial score (nSPS) is 20.7. The van der Waals surface area contributed by atoms with Gasteiger partial charge in [0.1, 0.15) is 18.4 Å². The molecular formula is C19H22FN3O5. The molecule has 0 saturated carbocycles. The van der Waals surface area contributed by atoms with E-state index in [2.05, 4.69) is 0 Å². The first-order valence-electron chi connectivity index (χ1n) is 9.09. The van der Waals surface area contributed by atoms with Crippen molar-refractivity contribution in [1.82, 2.24) is 9.80 Å². The number of rotatable bonds is 4. The number of esters is 1. The number of amides is 4. The minimum absolute atomic E-state index is 0.238. The molecule has 2 fully saturated rings. The number of methoxy groups -OCH3 is 1. The van der Waals surface area contributed by atoms with E-state index < -0.39 is 23.8 Å². The van der Waals surface area contributed by atoms with Crippen LogP contribution in [0.4, 0.5) is 14.9 Å². The summed E-state index contributed by atoms with van der Waals surface area (Å²) in [4.78, 5) is 53.1. The summed E-state index contributed by atoms with van der Waals surface area (Å²) in [6.07, 6.45) is 0.969. The maximum absolute atomic E-state index is 13.1. The van der Waals surface area contributed by atoms with Crippen molar-refractivity contribution >= 4 is 29.5 Å². The zero-order valence-electron chi connectivity index (χ0n) is 15.8. The number of hydrogen-bond acceptors (Lipinski definition) is 5. The van der Waals surface area contributed by atoms with Crippen LogP contribution < -0.4 is 4.90 Å². The van der Waals surface area contributed by atoms with E-state index in [1.54, 1.807) is 11.8 Å². The van der Waals surface area contributed by atoms with Crippen LogP contribution in [0.5, 0.6) is 0 Å². The van der Waals surface area contributed by atoms with E-state index in [1.807, 2.05) is 0 Å². The van der Waals surface area contributed by atoms with Gasteiger partial charge in [0, 0.05) is 18.8 Å². The van der Waals surface area contributed by atoms with Gasteiger partial charge in [0.15, 0.2) is 0 Å². The minimum Gasteiger partial charge on any atom is -0.469 e. The number of carbonyl (C=O) groups is 4. The molecule has 150 valence electrons. The van der Waals surface area contributed by atoms with Gasteiger partial charge in [-0.25, -0.2) is 9.18 Å². The SMILES string of the molecule is COC(=O)C1CCN(C(=O)CN2C(=O)C(C)N(c3ccc(F)cc3)C2=O)CC1. The maximum atomic E-state index is 13.1. The highest BCUT2D eigenvalue weighted by Gasteiger charge is 2.44. The Labute approximate surface area is 161 Å². The molecule has 0 aliphatic carbocycles. The molecule has 1 atom stereocenters. The Morgan fingerprint density at radius 2 is 1.75 bits per heavy atom. The number of halogens is 1. The minimum atomic E-state index is -0.782. The summed E-state index contributed by atoms with van der Waals surface area (Å²) in [6.45, 7) is 1.94. The second kappa shape index (κ2) is 7.95.